The van der Waals surface area contributed by atoms with E-state index in [0.29, 0.717) is 24.6 Å². The molecule has 4 aromatic rings. The number of hydrogen-bond acceptors (Lipinski definition) is 9. The predicted octanol–water partition coefficient (Wildman–Crippen LogP) is 3.37. The zero-order valence-electron chi connectivity index (χ0n) is 27.1. The summed E-state index contributed by atoms with van der Waals surface area (Å²) in [5.41, 5.74) is 2.72. The first-order chi connectivity index (χ1) is 22.3. The van der Waals surface area contributed by atoms with Crippen molar-refractivity contribution in [2.24, 2.45) is 0 Å². The molecular weight excluding hydrogens is 622 g/mol. The van der Waals surface area contributed by atoms with Gasteiger partial charge in [0.25, 0.3) is 11.8 Å². The third-order valence-corrected chi connectivity index (χ3v) is 8.76. The van der Waals surface area contributed by atoms with E-state index in [1.165, 1.54) is 31.5 Å². The van der Waals surface area contributed by atoms with E-state index in [-0.39, 0.29) is 23.4 Å². The van der Waals surface area contributed by atoms with Gasteiger partial charge in [-0.1, -0.05) is 42.5 Å². The monoisotopic (exact) mass is 663 g/mol. The van der Waals surface area contributed by atoms with E-state index >= 15 is 0 Å². The molecule has 0 radical (unpaired) electrons. The van der Waals surface area contributed by atoms with E-state index in [1.54, 1.807) is 21.0 Å². The number of rotatable bonds is 15. The molecule has 0 aliphatic heterocycles. The van der Waals surface area contributed by atoms with Crippen LogP contribution in [0.4, 0.5) is 5.69 Å². The summed E-state index contributed by atoms with van der Waals surface area (Å²) in [6, 6.07) is 19.8. The SMILES string of the molecule is COc1cccc(CNC[C@@H](O)[C@H](Cc2ccccc2)NC(=O)c2cc(C(=O)N[C@H](C)c3nc(C)co3)cc(N(C)S(C)(=O)=O)c2)c1. The van der Waals surface area contributed by atoms with Crippen LogP contribution < -0.4 is 25.0 Å². The number of carbonyl (C=O) groups excluding carboxylic acids is 2. The van der Waals surface area contributed by atoms with Crippen LogP contribution in [0.15, 0.2) is 83.5 Å². The molecule has 0 spiro atoms. The second-order valence-electron chi connectivity index (χ2n) is 11.3. The smallest absolute Gasteiger partial charge is 0.252 e. The van der Waals surface area contributed by atoms with Gasteiger partial charge in [0, 0.05) is 31.3 Å². The summed E-state index contributed by atoms with van der Waals surface area (Å²) >= 11 is 0. The number of anilines is 1. The van der Waals surface area contributed by atoms with Crippen LogP contribution in [0.3, 0.4) is 0 Å². The summed E-state index contributed by atoms with van der Waals surface area (Å²) in [6.07, 6.45) is 1.81. The predicted molar refractivity (Wildman–Crippen MR) is 179 cm³/mol. The molecule has 250 valence electrons. The molecule has 1 heterocycles. The number of nitrogens with one attached hydrogen (secondary N) is 3. The molecule has 3 atom stereocenters. The van der Waals surface area contributed by atoms with Crippen molar-refractivity contribution in [2.45, 2.75) is 45.0 Å². The number of methoxy groups -OCH3 is 1. The molecule has 3 aromatic carbocycles. The second kappa shape index (κ2) is 15.7. The van der Waals surface area contributed by atoms with Crippen LogP contribution in [0.25, 0.3) is 0 Å². The molecule has 2 amide bonds. The van der Waals surface area contributed by atoms with Crippen molar-refractivity contribution in [3.8, 4) is 5.75 Å². The van der Waals surface area contributed by atoms with Gasteiger partial charge >= 0.3 is 0 Å². The van der Waals surface area contributed by atoms with Gasteiger partial charge in [0.2, 0.25) is 15.9 Å². The molecule has 0 unspecified atom stereocenters. The number of amides is 2. The van der Waals surface area contributed by atoms with Crippen LogP contribution in [-0.4, -0.2) is 69.4 Å². The topological polar surface area (TPSA) is 163 Å². The van der Waals surface area contributed by atoms with E-state index in [0.717, 1.165) is 27.4 Å². The quantitative estimate of drug-likeness (QED) is 0.149. The fourth-order valence-corrected chi connectivity index (χ4v) is 5.34. The Kier molecular flexibility index (Phi) is 11.8. The number of nitrogens with zero attached hydrogens (tertiary/aromatic N) is 2. The maximum Gasteiger partial charge on any atom is 0.252 e. The molecule has 12 nitrogen and oxygen atoms in total. The number of hydrogen-bond donors (Lipinski definition) is 4. The van der Waals surface area contributed by atoms with E-state index in [4.69, 9.17) is 9.15 Å². The Bertz CT molecular complexity index is 1780. The van der Waals surface area contributed by atoms with Crippen molar-refractivity contribution in [3.05, 3.63) is 113 Å². The maximum absolute atomic E-state index is 13.8. The van der Waals surface area contributed by atoms with Gasteiger partial charge in [-0.25, -0.2) is 13.4 Å². The van der Waals surface area contributed by atoms with Gasteiger partial charge in [0.1, 0.15) is 18.1 Å². The minimum Gasteiger partial charge on any atom is -0.497 e. The summed E-state index contributed by atoms with van der Waals surface area (Å²) in [5.74, 6) is -0.130. The Morgan fingerprint density at radius 3 is 2.26 bits per heavy atom. The van der Waals surface area contributed by atoms with Gasteiger partial charge < -0.3 is 30.2 Å². The van der Waals surface area contributed by atoms with Crippen molar-refractivity contribution in [1.82, 2.24) is 20.9 Å². The summed E-state index contributed by atoms with van der Waals surface area (Å²) in [6.45, 7) is 4.08. The highest BCUT2D eigenvalue weighted by atomic mass is 32.2. The summed E-state index contributed by atoms with van der Waals surface area (Å²) in [7, 11) is -0.800. The highest BCUT2D eigenvalue weighted by Crippen LogP contribution is 2.22. The number of ether oxygens (including phenoxy) is 1. The van der Waals surface area contributed by atoms with Gasteiger partial charge in [-0.05, 0) is 61.7 Å². The highest BCUT2D eigenvalue weighted by molar-refractivity contribution is 7.92. The molecule has 0 saturated heterocycles. The van der Waals surface area contributed by atoms with Crippen molar-refractivity contribution in [3.63, 3.8) is 0 Å². The van der Waals surface area contributed by atoms with Crippen LogP contribution in [0.5, 0.6) is 5.75 Å². The number of benzene rings is 3. The third kappa shape index (κ3) is 9.88. The average molecular weight is 664 g/mol. The van der Waals surface area contributed by atoms with Crippen molar-refractivity contribution in [2.75, 3.05) is 31.3 Å². The Morgan fingerprint density at radius 1 is 0.979 bits per heavy atom. The normalized spacial score (nSPS) is 13.3. The van der Waals surface area contributed by atoms with Crippen molar-refractivity contribution < 1.29 is 32.3 Å². The molecule has 0 bridgehead atoms. The lowest BCUT2D eigenvalue weighted by molar-refractivity contribution is 0.0830. The fraction of sp³-hybridized carbons (Fsp3) is 0.324. The van der Waals surface area contributed by atoms with Crippen molar-refractivity contribution in [1.29, 1.82) is 0 Å². The van der Waals surface area contributed by atoms with Crippen LogP contribution in [0, 0.1) is 6.92 Å². The second-order valence-corrected chi connectivity index (χ2v) is 13.4. The van der Waals surface area contributed by atoms with Crippen LogP contribution in [-0.2, 0) is 23.0 Å². The summed E-state index contributed by atoms with van der Waals surface area (Å²) < 4.78 is 36.5. The number of aromatic nitrogens is 1. The number of sulfonamides is 1. The molecule has 0 aliphatic carbocycles. The Labute approximate surface area is 275 Å². The van der Waals surface area contributed by atoms with Gasteiger partial charge in [0.15, 0.2) is 0 Å². The molecule has 0 aliphatic rings. The number of aliphatic hydroxyl groups is 1. The lowest BCUT2D eigenvalue weighted by Crippen LogP contribution is -2.48. The molecule has 4 rings (SSSR count). The first kappa shape index (κ1) is 35.1. The van der Waals surface area contributed by atoms with E-state index in [2.05, 4.69) is 20.9 Å². The summed E-state index contributed by atoms with van der Waals surface area (Å²) in [5, 5.41) is 20.2. The fourth-order valence-electron chi connectivity index (χ4n) is 4.85. The van der Waals surface area contributed by atoms with Crippen LogP contribution >= 0.6 is 0 Å². The molecule has 0 fully saturated rings. The first-order valence-electron chi connectivity index (χ1n) is 15.0. The van der Waals surface area contributed by atoms with Crippen molar-refractivity contribution >= 4 is 27.5 Å². The standard InChI is InChI=1S/C34H41N5O7S/c1-22-21-46-34(36-22)23(2)37-32(41)26-16-27(18-28(17-26)39(3)47(5,43)44)33(42)38-30(15-24-10-7-6-8-11-24)31(40)20-35-19-25-12-9-13-29(14-25)45-4/h6-14,16-18,21,23,30-31,35,40H,15,19-20H2,1-5H3,(H,37,41)(H,38,42)/t23-,30+,31-/m1/s1. The van der Waals surface area contributed by atoms with Crippen LogP contribution in [0.2, 0.25) is 0 Å². The number of carbonyl (C=O) groups is 2. The first-order valence-corrected chi connectivity index (χ1v) is 16.9. The van der Waals surface area contributed by atoms with Gasteiger partial charge in [-0.3, -0.25) is 13.9 Å². The Balaban J connectivity index is 1.57. The van der Waals surface area contributed by atoms with Gasteiger partial charge in [-0.2, -0.15) is 0 Å². The number of aliphatic hydroxyl groups excluding tert-OH is 1. The highest BCUT2D eigenvalue weighted by Gasteiger charge is 2.25. The summed E-state index contributed by atoms with van der Waals surface area (Å²) in [4.78, 5) is 31.4. The number of oxazole rings is 1. The molecule has 47 heavy (non-hydrogen) atoms. The lowest BCUT2D eigenvalue weighted by Gasteiger charge is -2.25. The number of aryl methyl sites for hydroxylation is 1. The largest absolute Gasteiger partial charge is 0.497 e. The molecule has 4 N–H and O–H groups in total. The lowest BCUT2D eigenvalue weighted by atomic mass is 10.00. The maximum atomic E-state index is 13.8. The molecular formula is C34H41N5O7S. The zero-order chi connectivity index (χ0) is 34.1. The minimum absolute atomic E-state index is 0.0392. The van der Waals surface area contributed by atoms with E-state index < -0.39 is 40.0 Å². The van der Waals surface area contributed by atoms with Crippen LogP contribution in [0.1, 0.15) is 56.4 Å². The van der Waals surface area contributed by atoms with E-state index in [1.807, 2.05) is 54.6 Å². The van der Waals surface area contributed by atoms with E-state index in [9.17, 15) is 23.1 Å². The molecule has 13 heteroatoms. The Hall–Kier alpha value is -4.72. The minimum atomic E-state index is -3.73. The Morgan fingerprint density at radius 2 is 1.64 bits per heavy atom. The molecule has 0 saturated carbocycles. The third-order valence-electron chi connectivity index (χ3n) is 7.55. The molecule has 1 aromatic heterocycles. The zero-order valence-corrected chi connectivity index (χ0v) is 27.9. The van der Waals surface area contributed by atoms with Gasteiger partial charge in [-0.15, -0.1) is 0 Å². The van der Waals surface area contributed by atoms with Gasteiger partial charge in [0.05, 0.1) is 36.9 Å². The average Bonchev–Trinajstić information content (AvgIpc) is 3.50.